The Hall–Kier alpha value is -3.74. The number of aryl methyl sites for hydroxylation is 1. The van der Waals surface area contributed by atoms with Crippen LogP contribution in [0.1, 0.15) is 28.5 Å². The van der Waals surface area contributed by atoms with Crippen molar-refractivity contribution >= 4 is 17.4 Å². The van der Waals surface area contributed by atoms with Crippen LogP contribution >= 0.6 is 0 Å². The molecule has 0 bridgehead atoms. The smallest absolute Gasteiger partial charge is 0.296 e. The van der Waals surface area contributed by atoms with Crippen LogP contribution in [0.2, 0.25) is 0 Å². The minimum absolute atomic E-state index is 0.0236. The Kier molecular flexibility index (Phi) is 4.95. The number of aliphatic hydroxyl groups excluding tert-OH is 1. The summed E-state index contributed by atoms with van der Waals surface area (Å²) in [5.74, 6) is -3.29. The monoisotopic (exact) mass is 409 g/mol. The minimum atomic E-state index is -1.19. The van der Waals surface area contributed by atoms with Crippen LogP contribution in [0.25, 0.3) is 5.76 Å². The van der Waals surface area contributed by atoms with E-state index in [0.29, 0.717) is 11.3 Å². The quantitative estimate of drug-likeness (QED) is 0.392. The number of hydrogen-bond donors (Lipinski definition) is 1. The molecule has 1 N–H and O–H groups in total. The molecule has 3 aromatic rings. The summed E-state index contributed by atoms with van der Waals surface area (Å²) >= 11 is 0. The van der Waals surface area contributed by atoms with Crippen LogP contribution < -0.4 is 0 Å². The first-order chi connectivity index (χ1) is 14.4. The van der Waals surface area contributed by atoms with Gasteiger partial charge in [-0.05, 0) is 36.8 Å². The lowest BCUT2D eigenvalue weighted by molar-refractivity contribution is -0.140. The summed E-state index contributed by atoms with van der Waals surface area (Å²) in [6.45, 7) is 1.45. The van der Waals surface area contributed by atoms with Crippen molar-refractivity contribution in [1.29, 1.82) is 0 Å². The van der Waals surface area contributed by atoms with Gasteiger partial charge in [0.1, 0.15) is 23.2 Å². The lowest BCUT2D eigenvalue weighted by Gasteiger charge is -2.24. The Morgan fingerprint density at radius 1 is 1.07 bits per heavy atom. The second-order valence-corrected chi connectivity index (χ2v) is 6.99. The van der Waals surface area contributed by atoms with E-state index in [9.17, 15) is 23.5 Å². The molecule has 1 aliphatic heterocycles. The highest BCUT2D eigenvalue weighted by Gasteiger charge is 2.47. The molecule has 7 heteroatoms. The van der Waals surface area contributed by atoms with Crippen LogP contribution in [-0.2, 0) is 16.1 Å². The molecule has 4 rings (SSSR count). The molecule has 2 heterocycles. The van der Waals surface area contributed by atoms with Crippen molar-refractivity contribution in [3.05, 3.63) is 101 Å². The number of hydrogen-bond acceptors (Lipinski definition) is 4. The molecule has 0 radical (unpaired) electrons. The maximum absolute atomic E-state index is 14.7. The number of nitrogens with zero attached hydrogens (tertiary/aromatic N) is 1. The first-order valence-corrected chi connectivity index (χ1v) is 9.20. The molecule has 0 saturated carbocycles. The third-order valence-corrected chi connectivity index (χ3v) is 5.09. The summed E-state index contributed by atoms with van der Waals surface area (Å²) in [4.78, 5) is 26.8. The van der Waals surface area contributed by atoms with E-state index in [1.165, 1.54) is 36.6 Å². The number of furan rings is 1. The predicted octanol–water partition coefficient (Wildman–Crippen LogP) is 4.49. The standard InChI is InChI=1S/C23H17F2NO4/c1-13-8-9-14(11-18(13)25)21(27)19-20(16-6-2-3-7-17(16)24)26(23(29)22(19)28)12-15-5-4-10-30-15/h2-11,20,27H,12H2,1H3/t20-/m1/s1. The zero-order valence-electron chi connectivity index (χ0n) is 15.9. The van der Waals surface area contributed by atoms with Gasteiger partial charge < -0.3 is 14.4 Å². The summed E-state index contributed by atoms with van der Waals surface area (Å²) in [6, 6.07) is 11.7. The molecule has 1 aromatic heterocycles. The van der Waals surface area contributed by atoms with E-state index < -0.39 is 35.1 Å². The molecule has 0 aliphatic carbocycles. The van der Waals surface area contributed by atoms with Crippen LogP contribution in [-0.4, -0.2) is 21.7 Å². The summed E-state index contributed by atoms with van der Waals surface area (Å²) in [6.07, 6.45) is 1.42. The van der Waals surface area contributed by atoms with Crippen LogP contribution in [0.4, 0.5) is 8.78 Å². The predicted molar refractivity (Wildman–Crippen MR) is 104 cm³/mol. The van der Waals surface area contributed by atoms with Crippen molar-refractivity contribution < 1.29 is 27.9 Å². The van der Waals surface area contributed by atoms with Gasteiger partial charge >= 0.3 is 0 Å². The van der Waals surface area contributed by atoms with Crippen molar-refractivity contribution in [3.8, 4) is 0 Å². The largest absolute Gasteiger partial charge is 0.507 e. The van der Waals surface area contributed by atoms with Crippen LogP contribution in [0, 0.1) is 18.6 Å². The molecular formula is C23H17F2NO4. The molecule has 30 heavy (non-hydrogen) atoms. The minimum Gasteiger partial charge on any atom is -0.507 e. The third-order valence-electron chi connectivity index (χ3n) is 5.09. The zero-order chi connectivity index (χ0) is 21.4. The molecule has 2 aromatic carbocycles. The van der Waals surface area contributed by atoms with Crippen LogP contribution in [0.15, 0.2) is 70.9 Å². The molecule has 1 amide bonds. The van der Waals surface area contributed by atoms with E-state index in [1.54, 1.807) is 25.1 Å². The zero-order valence-corrected chi connectivity index (χ0v) is 15.9. The van der Waals surface area contributed by atoms with Gasteiger partial charge in [0, 0.05) is 11.1 Å². The van der Waals surface area contributed by atoms with Gasteiger partial charge in [0.05, 0.1) is 24.4 Å². The van der Waals surface area contributed by atoms with Gasteiger partial charge in [-0.3, -0.25) is 9.59 Å². The number of likely N-dealkylation sites (tertiary alicyclic amines) is 1. The van der Waals surface area contributed by atoms with Gasteiger partial charge in [0.25, 0.3) is 11.7 Å². The van der Waals surface area contributed by atoms with Gasteiger partial charge in [0.2, 0.25) is 0 Å². The normalized spacial score (nSPS) is 18.2. The molecule has 5 nitrogen and oxygen atoms in total. The Bertz CT molecular complexity index is 1170. The highest BCUT2D eigenvalue weighted by Crippen LogP contribution is 2.41. The summed E-state index contributed by atoms with van der Waals surface area (Å²) in [5, 5.41) is 10.9. The Morgan fingerprint density at radius 2 is 1.83 bits per heavy atom. The van der Waals surface area contributed by atoms with Gasteiger partial charge in [-0.2, -0.15) is 0 Å². The van der Waals surface area contributed by atoms with Crippen molar-refractivity contribution in [2.45, 2.75) is 19.5 Å². The third kappa shape index (κ3) is 3.28. The highest BCUT2D eigenvalue weighted by molar-refractivity contribution is 6.46. The number of rotatable bonds is 4. The van der Waals surface area contributed by atoms with Crippen molar-refractivity contribution in [2.24, 2.45) is 0 Å². The number of Topliss-reactive ketones (excluding diaryl/α,β-unsaturated/α-hetero) is 1. The fraction of sp³-hybridized carbons (Fsp3) is 0.130. The van der Waals surface area contributed by atoms with E-state index >= 15 is 0 Å². The van der Waals surface area contributed by atoms with Crippen molar-refractivity contribution in [3.63, 3.8) is 0 Å². The number of aliphatic hydroxyl groups is 1. The van der Waals surface area contributed by atoms with Crippen LogP contribution in [0.5, 0.6) is 0 Å². The Labute approximate surface area is 170 Å². The van der Waals surface area contributed by atoms with E-state index in [-0.39, 0.29) is 23.2 Å². The summed E-state index contributed by atoms with van der Waals surface area (Å²) in [7, 11) is 0. The number of carbonyl (C=O) groups is 2. The first kappa shape index (κ1) is 19.6. The van der Waals surface area contributed by atoms with Gasteiger partial charge in [0.15, 0.2) is 0 Å². The molecule has 0 spiro atoms. The lowest BCUT2D eigenvalue weighted by Crippen LogP contribution is -2.29. The molecule has 1 aliphatic rings. The fourth-order valence-corrected chi connectivity index (χ4v) is 3.53. The molecule has 1 saturated heterocycles. The summed E-state index contributed by atoms with van der Waals surface area (Å²) < 4.78 is 34.0. The number of benzene rings is 2. The SMILES string of the molecule is Cc1ccc(C(O)=C2C(=O)C(=O)N(Cc3ccco3)[C@@H]2c2ccccc2F)cc1F. The lowest BCUT2D eigenvalue weighted by atomic mass is 9.94. The van der Waals surface area contributed by atoms with Crippen molar-refractivity contribution in [2.75, 3.05) is 0 Å². The first-order valence-electron chi connectivity index (χ1n) is 9.20. The fourth-order valence-electron chi connectivity index (χ4n) is 3.53. The van der Waals surface area contributed by atoms with Gasteiger partial charge in [-0.25, -0.2) is 8.78 Å². The molecular weight excluding hydrogens is 392 g/mol. The molecule has 152 valence electrons. The second kappa shape index (κ2) is 7.59. The number of carbonyl (C=O) groups excluding carboxylic acids is 2. The molecule has 0 unspecified atom stereocenters. The molecule has 1 atom stereocenters. The van der Waals surface area contributed by atoms with E-state index in [0.717, 1.165) is 11.0 Å². The average molecular weight is 409 g/mol. The van der Waals surface area contributed by atoms with Crippen LogP contribution in [0.3, 0.4) is 0 Å². The van der Waals surface area contributed by atoms with E-state index in [1.807, 2.05) is 0 Å². The van der Waals surface area contributed by atoms with Gasteiger partial charge in [-0.1, -0.05) is 30.3 Å². The molecule has 1 fully saturated rings. The summed E-state index contributed by atoms with van der Waals surface area (Å²) in [5.41, 5.74) is 0.114. The van der Waals surface area contributed by atoms with E-state index in [4.69, 9.17) is 4.42 Å². The highest BCUT2D eigenvalue weighted by atomic mass is 19.1. The average Bonchev–Trinajstić information content (AvgIpc) is 3.32. The maximum Gasteiger partial charge on any atom is 0.296 e. The van der Waals surface area contributed by atoms with E-state index in [2.05, 4.69) is 0 Å². The number of halogens is 2. The van der Waals surface area contributed by atoms with Crippen molar-refractivity contribution in [1.82, 2.24) is 4.90 Å². The van der Waals surface area contributed by atoms with Gasteiger partial charge in [-0.15, -0.1) is 0 Å². The number of ketones is 1. The Morgan fingerprint density at radius 3 is 2.50 bits per heavy atom. The Balaban J connectivity index is 1.90. The topological polar surface area (TPSA) is 70.8 Å². The maximum atomic E-state index is 14.7. The second-order valence-electron chi connectivity index (χ2n) is 6.99. The number of amides is 1.